The van der Waals surface area contributed by atoms with E-state index in [1.807, 2.05) is 43.3 Å². The van der Waals surface area contributed by atoms with Gasteiger partial charge in [0.1, 0.15) is 5.54 Å². The third kappa shape index (κ3) is 2.39. The summed E-state index contributed by atoms with van der Waals surface area (Å²) in [5.41, 5.74) is 3.81. The van der Waals surface area contributed by atoms with Crippen molar-refractivity contribution in [1.82, 2.24) is 10.2 Å². The zero-order valence-corrected chi connectivity index (χ0v) is 13.7. The van der Waals surface area contributed by atoms with Crippen molar-refractivity contribution >= 4 is 11.9 Å². The maximum absolute atomic E-state index is 13.0. The van der Waals surface area contributed by atoms with Gasteiger partial charge in [-0.1, -0.05) is 54.1 Å². The zero-order valence-electron chi connectivity index (χ0n) is 13.7. The van der Waals surface area contributed by atoms with Crippen LogP contribution in [0.2, 0.25) is 0 Å². The Morgan fingerprint density at radius 2 is 1.75 bits per heavy atom. The highest BCUT2D eigenvalue weighted by atomic mass is 16.2. The molecule has 0 saturated carbocycles. The van der Waals surface area contributed by atoms with E-state index >= 15 is 0 Å². The topological polar surface area (TPSA) is 49.4 Å². The van der Waals surface area contributed by atoms with Crippen LogP contribution in [0, 0.1) is 6.92 Å². The summed E-state index contributed by atoms with van der Waals surface area (Å²) in [6, 6.07) is 15.8. The van der Waals surface area contributed by atoms with Crippen molar-refractivity contribution in [3.63, 3.8) is 0 Å². The lowest BCUT2D eigenvalue weighted by Gasteiger charge is -2.32. The maximum Gasteiger partial charge on any atom is 0.325 e. The van der Waals surface area contributed by atoms with E-state index in [-0.39, 0.29) is 11.9 Å². The molecule has 1 unspecified atom stereocenters. The molecule has 2 aliphatic rings. The van der Waals surface area contributed by atoms with Crippen LogP contribution in [0.5, 0.6) is 0 Å². The summed E-state index contributed by atoms with van der Waals surface area (Å²) in [6.07, 6.45) is 2.07. The van der Waals surface area contributed by atoms with Crippen molar-refractivity contribution in [2.45, 2.75) is 38.3 Å². The summed E-state index contributed by atoms with van der Waals surface area (Å²) in [7, 11) is 0. The number of hydrogen-bond acceptors (Lipinski definition) is 2. The first-order valence-electron chi connectivity index (χ1n) is 8.34. The largest absolute Gasteiger partial charge is 0.325 e. The monoisotopic (exact) mass is 320 g/mol. The number of benzene rings is 2. The number of carbonyl (C=O) groups is 2. The number of aryl methyl sites for hydroxylation is 2. The molecule has 3 amide bonds. The molecular weight excluding hydrogens is 300 g/mol. The fraction of sp³-hybridized carbons (Fsp3) is 0.300. The summed E-state index contributed by atoms with van der Waals surface area (Å²) in [5.74, 6) is -0.0948. The molecule has 1 atom stereocenters. The molecule has 122 valence electrons. The Morgan fingerprint density at radius 3 is 2.50 bits per heavy atom. The number of nitrogens with zero attached hydrogens (tertiary/aromatic N) is 1. The predicted molar refractivity (Wildman–Crippen MR) is 91.5 cm³/mol. The number of nitrogens with one attached hydrogen (secondary N) is 1. The SMILES string of the molecule is Cc1ccc(CN2C(=O)NC3(CCc4ccccc4C3)C2=O)cc1. The van der Waals surface area contributed by atoms with Crippen LogP contribution in [0.4, 0.5) is 4.79 Å². The molecule has 1 spiro atoms. The average molecular weight is 320 g/mol. The molecule has 1 N–H and O–H groups in total. The number of amides is 3. The molecule has 1 saturated heterocycles. The van der Waals surface area contributed by atoms with Crippen molar-refractivity contribution in [2.75, 3.05) is 0 Å². The molecular formula is C20H20N2O2. The molecule has 4 heteroatoms. The summed E-state index contributed by atoms with van der Waals surface area (Å²) in [6.45, 7) is 2.35. The van der Waals surface area contributed by atoms with E-state index < -0.39 is 5.54 Å². The summed E-state index contributed by atoms with van der Waals surface area (Å²) in [5, 5.41) is 2.98. The van der Waals surface area contributed by atoms with Crippen LogP contribution >= 0.6 is 0 Å². The predicted octanol–water partition coefficient (Wildman–Crippen LogP) is 2.97. The van der Waals surface area contributed by atoms with Gasteiger partial charge in [-0.25, -0.2) is 4.79 Å². The van der Waals surface area contributed by atoms with Crippen molar-refractivity contribution in [1.29, 1.82) is 0 Å². The van der Waals surface area contributed by atoms with Gasteiger partial charge in [0.05, 0.1) is 6.54 Å². The third-order valence-corrected chi connectivity index (χ3v) is 5.14. The fourth-order valence-corrected chi connectivity index (χ4v) is 3.72. The second kappa shape index (κ2) is 5.48. The van der Waals surface area contributed by atoms with E-state index in [4.69, 9.17) is 0 Å². The fourth-order valence-electron chi connectivity index (χ4n) is 3.72. The van der Waals surface area contributed by atoms with Crippen molar-refractivity contribution in [3.8, 4) is 0 Å². The second-order valence-corrected chi connectivity index (χ2v) is 6.83. The first-order valence-corrected chi connectivity index (χ1v) is 8.34. The Kier molecular flexibility index (Phi) is 3.41. The highest BCUT2D eigenvalue weighted by Gasteiger charge is 2.52. The summed E-state index contributed by atoms with van der Waals surface area (Å²) >= 11 is 0. The van der Waals surface area contributed by atoms with Crippen LogP contribution in [0.25, 0.3) is 0 Å². The molecule has 0 bridgehead atoms. The molecule has 24 heavy (non-hydrogen) atoms. The van der Waals surface area contributed by atoms with E-state index in [2.05, 4.69) is 17.4 Å². The Morgan fingerprint density at radius 1 is 1.04 bits per heavy atom. The standard InChI is InChI=1S/C20H20N2O2/c1-14-6-8-15(9-7-14)13-22-18(23)20(21-19(22)24)11-10-16-4-2-3-5-17(16)12-20/h2-9H,10-13H2,1H3,(H,21,24). The number of carbonyl (C=O) groups excluding carboxylic acids is 2. The lowest BCUT2D eigenvalue weighted by Crippen LogP contribution is -2.51. The third-order valence-electron chi connectivity index (χ3n) is 5.14. The van der Waals surface area contributed by atoms with E-state index in [1.54, 1.807) is 0 Å². The first kappa shape index (κ1) is 14.9. The Balaban J connectivity index is 1.59. The summed E-state index contributed by atoms with van der Waals surface area (Å²) in [4.78, 5) is 26.8. The number of hydrogen-bond donors (Lipinski definition) is 1. The molecule has 4 rings (SSSR count). The van der Waals surface area contributed by atoms with Crippen LogP contribution < -0.4 is 5.32 Å². The average Bonchev–Trinajstić information content (AvgIpc) is 2.81. The van der Waals surface area contributed by atoms with Crippen LogP contribution in [0.1, 0.15) is 28.7 Å². The highest BCUT2D eigenvalue weighted by Crippen LogP contribution is 2.34. The van der Waals surface area contributed by atoms with Crippen molar-refractivity contribution < 1.29 is 9.59 Å². The first-order chi connectivity index (χ1) is 11.6. The van der Waals surface area contributed by atoms with E-state index in [0.29, 0.717) is 19.4 Å². The van der Waals surface area contributed by atoms with Gasteiger partial charge in [-0.2, -0.15) is 0 Å². The van der Waals surface area contributed by atoms with E-state index in [0.717, 1.165) is 23.1 Å². The molecule has 0 radical (unpaired) electrons. The molecule has 1 fully saturated rings. The Bertz CT molecular complexity index is 813. The Hall–Kier alpha value is -2.62. The van der Waals surface area contributed by atoms with Crippen LogP contribution in [-0.4, -0.2) is 22.4 Å². The zero-order chi connectivity index (χ0) is 16.7. The number of fused-ring (bicyclic) bond motifs is 1. The van der Waals surface area contributed by atoms with Gasteiger partial charge in [-0.15, -0.1) is 0 Å². The molecule has 1 aliphatic carbocycles. The molecule has 4 nitrogen and oxygen atoms in total. The molecule has 1 aliphatic heterocycles. The van der Waals surface area contributed by atoms with Gasteiger partial charge >= 0.3 is 6.03 Å². The van der Waals surface area contributed by atoms with E-state index in [9.17, 15) is 9.59 Å². The van der Waals surface area contributed by atoms with Gasteiger partial charge in [-0.3, -0.25) is 9.69 Å². The number of imide groups is 1. The minimum atomic E-state index is -0.768. The van der Waals surface area contributed by atoms with Crippen LogP contribution in [0.15, 0.2) is 48.5 Å². The van der Waals surface area contributed by atoms with Gasteiger partial charge in [0.25, 0.3) is 5.91 Å². The van der Waals surface area contributed by atoms with E-state index in [1.165, 1.54) is 10.5 Å². The van der Waals surface area contributed by atoms with Crippen LogP contribution in [0.3, 0.4) is 0 Å². The minimum absolute atomic E-state index is 0.0948. The minimum Gasteiger partial charge on any atom is -0.323 e. The summed E-state index contributed by atoms with van der Waals surface area (Å²) < 4.78 is 0. The van der Waals surface area contributed by atoms with Gasteiger partial charge in [0.2, 0.25) is 0 Å². The highest BCUT2D eigenvalue weighted by molar-refractivity contribution is 6.07. The van der Waals surface area contributed by atoms with Gasteiger partial charge in [-0.05, 0) is 36.5 Å². The van der Waals surface area contributed by atoms with Crippen molar-refractivity contribution in [3.05, 3.63) is 70.8 Å². The van der Waals surface area contributed by atoms with Crippen molar-refractivity contribution in [2.24, 2.45) is 0 Å². The number of rotatable bonds is 2. The molecule has 2 aromatic carbocycles. The lowest BCUT2D eigenvalue weighted by molar-refractivity contribution is -0.132. The maximum atomic E-state index is 13.0. The molecule has 2 aromatic rings. The molecule has 1 heterocycles. The van der Waals surface area contributed by atoms with Crippen LogP contribution in [-0.2, 0) is 24.2 Å². The number of urea groups is 1. The second-order valence-electron chi connectivity index (χ2n) is 6.83. The van der Waals surface area contributed by atoms with Gasteiger partial charge in [0, 0.05) is 6.42 Å². The lowest BCUT2D eigenvalue weighted by atomic mass is 9.78. The van der Waals surface area contributed by atoms with Gasteiger partial charge < -0.3 is 5.32 Å². The molecule has 0 aromatic heterocycles. The Labute approximate surface area is 141 Å². The smallest absolute Gasteiger partial charge is 0.323 e. The van der Waals surface area contributed by atoms with Gasteiger partial charge in [0.15, 0.2) is 0 Å². The quantitative estimate of drug-likeness (QED) is 0.865. The normalized spacial score (nSPS) is 22.6.